The molecule has 1 fully saturated rings. The number of nitrogens with two attached hydrogens (primary N) is 1. The topological polar surface area (TPSA) is 75.8 Å². The van der Waals surface area contributed by atoms with Crippen LogP contribution < -0.4 is 10.5 Å². The number of rotatable bonds is 4. The van der Waals surface area contributed by atoms with E-state index < -0.39 is 35.5 Å². The van der Waals surface area contributed by atoms with Crippen LogP contribution in [0.5, 0.6) is 5.75 Å². The van der Waals surface area contributed by atoms with Gasteiger partial charge >= 0.3 is 6.36 Å². The number of carbonyl (C=O) groups excluding carboxylic acids is 1. The van der Waals surface area contributed by atoms with E-state index in [-0.39, 0.29) is 39.7 Å². The minimum atomic E-state index is -5.15. The molecule has 12 heteroatoms. The molecule has 1 aliphatic rings. The van der Waals surface area contributed by atoms with Crippen molar-refractivity contribution in [1.29, 1.82) is 0 Å². The first-order valence-electron chi connectivity index (χ1n) is 7.43. The van der Waals surface area contributed by atoms with Gasteiger partial charge in [0, 0.05) is 23.2 Å². The fourth-order valence-corrected chi connectivity index (χ4v) is 4.21. The van der Waals surface area contributed by atoms with Crippen molar-refractivity contribution in [3.8, 4) is 5.75 Å². The van der Waals surface area contributed by atoms with E-state index in [0.29, 0.717) is 0 Å². The predicted octanol–water partition coefficient (Wildman–Crippen LogP) is 3.54. The molecule has 0 unspecified atom stereocenters. The zero-order valence-corrected chi connectivity index (χ0v) is 14.9. The maximum absolute atomic E-state index is 13.1. The third kappa shape index (κ3) is 3.82. The average Bonchev–Trinajstić information content (AvgIpc) is 2.85. The van der Waals surface area contributed by atoms with Gasteiger partial charge in [0.15, 0.2) is 0 Å². The second kappa shape index (κ2) is 6.73. The van der Waals surface area contributed by atoms with E-state index in [9.17, 15) is 26.7 Å². The summed E-state index contributed by atoms with van der Waals surface area (Å²) in [4.78, 5) is 13.8. The normalized spacial score (nSPS) is 16.7. The van der Waals surface area contributed by atoms with Gasteiger partial charge in [-0.25, -0.2) is 8.78 Å². The van der Waals surface area contributed by atoms with Crippen LogP contribution in [-0.4, -0.2) is 47.5 Å². The number of alkyl halides is 5. The van der Waals surface area contributed by atoms with Crippen molar-refractivity contribution in [1.82, 2.24) is 4.90 Å². The van der Waals surface area contributed by atoms with Crippen LogP contribution in [0.2, 0.25) is 5.02 Å². The van der Waals surface area contributed by atoms with E-state index in [0.717, 1.165) is 23.5 Å². The molecule has 1 aromatic carbocycles. The molecule has 5 nitrogen and oxygen atoms in total. The summed E-state index contributed by atoms with van der Waals surface area (Å²) in [6.45, 7) is -0.192. The molecule has 0 bridgehead atoms. The lowest BCUT2D eigenvalue weighted by atomic mass is 9.92. The van der Waals surface area contributed by atoms with Gasteiger partial charge in [0.2, 0.25) is 0 Å². The molecule has 0 atom stereocenters. The third-order valence-electron chi connectivity index (χ3n) is 4.03. The summed E-state index contributed by atoms with van der Waals surface area (Å²) in [5.74, 6) is -1.60. The maximum Gasteiger partial charge on any atom is 0.573 e. The fourth-order valence-electron chi connectivity index (χ4n) is 2.73. The van der Waals surface area contributed by atoms with Crippen molar-refractivity contribution in [2.75, 3.05) is 19.7 Å². The molecule has 2 heterocycles. The van der Waals surface area contributed by atoms with Crippen molar-refractivity contribution in [3.05, 3.63) is 27.6 Å². The van der Waals surface area contributed by atoms with Gasteiger partial charge in [-0.3, -0.25) is 4.79 Å². The maximum atomic E-state index is 13.1. The van der Waals surface area contributed by atoms with Crippen molar-refractivity contribution >= 4 is 38.9 Å². The minimum absolute atomic E-state index is 0.0176. The van der Waals surface area contributed by atoms with Crippen molar-refractivity contribution in [3.63, 3.8) is 0 Å². The molecular weight excluding hydrogens is 419 g/mol. The highest BCUT2D eigenvalue weighted by Crippen LogP contribution is 2.43. The average molecular weight is 431 g/mol. The van der Waals surface area contributed by atoms with E-state index in [1.807, 2.05) is 0 Å². The smallest absolute Gasteiger partial charge is 0.405 e. The SMILES string of the molecule is NC1(CO)CN(C(=O)c2sc3cc(OC(F)(F)F)c(C(F)F)cc3c2Cl)C1. The zero-order valence-electron chi connectivity index (χ0n) is 13.3. The van der Waals surface area contributed by atoms with Crippen LogP contribution in [-0.2, 0) is 0 Å². The number of hydrogen-bond acceptors (Lipinski definition) is 5. The highest BCUT2D eigenvalue weighted by Gasteiger charge is 2.43. The first-order valence-corrected chi connectivity index (χ1v) is 8.62. The lowest BCUT2D eigenvalue weighted by Crippen LogP contribution is -2.70. The Morgan fingerprint density at radius 2 is 2.04 bits per heavy atom. The van der Waals surface area contributed by atoms with Gasteiger partial charge in [-0.2, -0.15) is 0 Å². The van der Waals surface area contributed by atoms with Gasteiger partial charge in [-0.1, -0.05) is 11.6 Å². The van der Waals surface area contributed by atoms with Crippen LogP contribution in [0.1, 0.15) is 21.7 Å². The Morgan fingerprint density at radius 3 is 2.56 bits per heavy atom. The van der Waals surface area contributed by atoms with Crippen LogP contribution in [0.15, 0.2) is 12.1 Å². The monoisotopic (exact) mass is 430 g/mol. The summed E-state index contributed by atoms with van der Waals surface area (Å²) >= 11 is 6.88. The Balaban J connectivity index is 2.00. The third-order valence-corrected chi connectivity index (χ3v) is 5.67. The lowest BCUT2D eigenvalue weighted by Gasteiger charge is -2.46. The number of nitrogens with zero attached hydrogens (tertiary/aromatic N) is 1. The van der Waals surface area contributed by atoms with Crippen LogP contribution >= 0.6 is 22.9 Å². The molecule has 148 valence electrons. The molecule has 1 saturated heterocycles. The van der Waals surface area contributed by atoms with Crippen molar-refractivity contribution in [2.45, 2.75) is 18.3 Å². The number of aliphatic hydroxyl groups excluding tert-OH is 1. The quantitative estimate of drug-likeness (QED) is 0.728. The summed E-state index contributed by atoms with van der Waals surface area (Å²) < 4.78 is 67.5. The van der Waals surface area contributed by atoms with Gasteiger partial charge in [0.25, 0.3) is 12.3 Å². The molecule has 1 aliphatic heterocycles. The summed E-state index contributed by atoms with van der Waals surface area (Å²) in [5, 5.41) is 9.01. The summed E-state index contributed by atoms with van der Waals surface area (Å²) in [5.41, 5.74) is 3.87. The Hall–Kier alpha value is -1.69. The van der Waals surface area contributed by atoms with Gasteiger partial charge < -0.3 is 20.5 Å². The van der Waals surface area contributed by atoms with Gasteiger partial charge in [-0.15, -0.1) is 24.5 Å². The summed E-state index contributed by atoms with van der Waals surface area (Å²) in [6, 6.07) is 1.57. The molecule has 3 rings (SSSR count). The molecule has 1 amide bonds. The number of fused-ring (bicyclic) bond motifs is 1. The van der Waals surface area contributed by atoms with Crippen LogP contribution in [0.4, 0.5) is 22.0 Å². The predicted molar refractivity (Wildman–Crippen MR) is 88.4 cm³/mol. The largest absolute Gasteiger partial charge is 0.573 e. The Labute approximate surface area is 158 Å². The molecule has 0 spiro atoms. The van der Waals surface area contributed by atoms with E-state index in [2.05, 4.69) is 4.74 Å². The highest BCUT2D eigenvalue weighted by atomic mass is 35.5. The number of halogens is 6. The van der Waals surface area contributed by atoms with E-state index in [1.165, 1.54) is 4.90 Å². The molecule has 1 aromatic heterocycles. The van der Waals surface area contributed by atoms with Crippen molar-refractivity contribution in [2.24, 2.45) is 5.73 Å². The number of ether oxygens (including phenoxy) is 1. The molecule has 0 aliphatic carbocycles. The van der Waals surface area contributed by atoms with E-state index in [4.69, 9.17) is 22.4 Å². The molecule has 0 radical (unpaired) electrons. The number of aliphatic hydroxyl groups is 1. The van der Waals surface area contributed by atoms with Gasteiger partial charge in [-0.05, 0) is 12.1 Å². The summed E-state index contributed by atoms with van der Waals surface area (Å²) in [6.07, 6.45) is -8.39. The highest BCUT2D eigenvalue weighted by molar-refractivity contribution is 7.21. The van der Waals surface area contributed by atoms with Gasteiger partial charge in [0.1, 0.15) is 10.6 Å². The standard InChI is InChI=1S/C15H12ClF5N2O3S/c16-10-7-1-6(12(17)18)8(26-15(19,20)21)2-9(7)27-11(10)13(25)23-3-14(22,4-23)5-24/h1-2,12,24H,3-5,22H2. The second-order valence-corrected chi connectivity index (χ2v) is 7.59. The van der Waals surface area contributed by atoms with E-state index >= 15 is 0 Å². The number of amides is 1. The number of likely N-dealkylation sites (tertiary alicyclic amines) is 1. The summed E-state index contributed by atoms with van der Waals surface area (Å²) in [7, 11) is 0. The van der Waals surface area contributed by atoms with Crippen LogP contribution in [0, 0.1) is 0 Å². The molecule has 0 saturated carbocycles. The second-order valence-electron chi connectivity index (χ2n) is 6.16. The fraction of sp³-hybridized carbons (Fsp3) is 0.400. The van der Waals surface area contributed by atoms with Crippen molar-refractivity contribution < 1.29 is 36.6 Å². The number of thiophene rings is 1. The first kappa shape index (κ1) is 20.1. The van der Waals surface area contributed by atoms with Crippen LogP contribution in [0.25, 0.3) is 10.1 Å². The number of benzene rings is 1. The first-order chi connectivity index (χ1) is 12.4. The molecule has 27 heavy (non-hydrogen) atoms. The molecular formula is C15H12ClF5N2O3S. The number of carbonyl (C=O) groups is 1. The lowest BCUT2D eigenvalue weighted by molar-refractivity contribution is -0.275. The van der Waals surface area contributed by atoms with Crippen LogP contribution in [0.3, 0.4) is 0 Å². The van der Waals surface area contributed by atoms with Gasteiger partial charge in [0.05, 0.1) is 22.7 Å². The number of hydrogen-bond donors (Lipinski definition) is 2. The molecule has 2 aromatic rings. The minimum Gasteiger partial charge on any atom is -0.405 e. The molecule has 3 N–H and O–H groups in total. The Kier molecular flexibility index (Phi) is 5.00. The Morgan fingerprint density at radius 1 is 1.41 bits per heavy atom. The Bertz CT molecular complexity index is 896. The zero-order chi connectivity index (χ0) is 20.1. The van der Waals surface area contributed by atoms with E-state index in [1.54, 1.807) is 0 Å².